The van der Waals surface area contributed by atoms with Gasteiger partial charge in [0.2, 0.25) is 0 Å². The molecule has 18 heavy (non-hydrogen) atoms. The highest BCUT2D eigenvalue weighted by molar-refractivity contribution is 5.21. The van der Waals surface area contributed by atoms with Crippen molar-refractivity contribution in [3.8, 4) is 0 Å². The fourth-order valence-electron chi connectivity index (χ4n) is 2.65. The average molecular weight is 249 g/mol. The highest BCUT2D eigenvalue weighted by Gasteiger charge is 2.25. The summed E-state index contributed by atoms with van der Waals surface area (Å²) in [6.45, 7) is 3.25. The Kier molecular flexibility index (Phi) is 4.38. The van der Waals surface area contributed by atoms with Gasteiger partial charge in [-0.05, 0) is 44.2 Å². The SMILES string of the molecule is CC(O)(CNCC1CCC(O)C1)c1ccccc1. The normalized spacial score (nSPS) is 27.1. The molecule has 3 atom stereocenters. The van der Waals surface area contributed by atoms with Crippen LogP contribution in [0.25, 0.3) is 0 Å². The Labute approximate surface area is 109 Å². The van der Waals surface area contributed by atoms with Gasteiger partial charge in [-0.1, -0.05) is 30.3 Å². The van der Waals surface area contributed by atoms with E-state index >= 15 is 0 Å². The summed E-state index contributed by atoms with van der Waals surface area (Å²) in [5, 5.41) is 23.2. The van der Waals surface area contributed by atoms with Crippen molar-refractivity contribution in [3.63, 3.8) is 0 Å². The minimum atomic E-state index is -0.835. The van der Waals surface area contributed by atoms with Gasteiger partial charge < -0.3 is 15.5 Å². The van der Waals surface area contributed by atoms with Crippen LogP contribution in [0.4, 0.5) is 0 Å². The van der Waals surface area contributed by atoms with E-state index in [2.05, 4.69) is 5.32 Å². The molecule has 1 aliphatic rings. The van der Waals surface area contributed by atoms with Crippen LogP contribution in [0.15, 0.2) is 30.3 Å². The van der Waals surface area contributed by atoms with Crippen LogP contribution < -0.4 is 5.32 Å². The summed E-state index contributed by atoms with van der Waals surface area (Å²) in [5.74, 6) is 0.548. The molecule has 0 saturated heterocycles. The van der Waals surface area contributed by atoms with Crippen molar-refractivity contribution in [2.45, 2.75) is 37.9 Å². The van der Waals surface area contributed by atoms with Gasteiger partial charge >= 0.3 is 0 Å². The molecule has 0 aromatic heterocycles. The van der Waals surface area contributed by atoms with Crippen LogP contribution in [-0.4, -0.2) is 29.4 Å². The van der Waals surface area contributed by atoms with Gasteiger partial charge in [-0.15, -0.1) is 0 Å². The van der Waals surface area contributed by atoms with Gasteiger partial charge in [-0.25, -0.2) is 0 Å². The second kappa shape index (κ2) is 5.83. The summed E-state index contributed by atoms with van der Waals surface area (Å²) in [6.07, 6.45) is 2.77. The minimum Gasteiger partial charge on any atom is -0.393 e. The van der Waals surface area contributed by atoms with Crippen LogP contribution >= 0.6 is 0 Å². The number of aliphatic hydroxyl groups excluding tert-OH is 1. The third-order valence-electron chi connectivity index (χ3n) is 3.81. The lowest BCUT2D eigenvalue weighted by Crippen LogP contribution is -2.37. The van der Waals surface area contributed by atoms with Crippen LogP contribution in [0.2, 0.25) is 0 Å². The number of hydrogen-bond acceptors (Lipinski definition) is 3. The summed E-state index contributed by atoms with van der Waals surface area (Å²) < 4.78 is 0. The maximum absolute atomic E-state index is 10.4. The maximum atomic E-state index is 10.4. The molecule has 3 unspecified atom stereocenters. The van der Waals surface area contributed by atoms with Crippen molar-refractivity contribution in [1.29, 1.82) is 0 Å². The molecule has 0 radical (unpaired) electrons. The molecule has 3 heteroatoms. The molecule has 1 aromatic rings. The van der Waals surface area contributed by atoms with E-state index in [1.54, 1.807) is 0 Å². The Hall–Kier alpha value is -0.900. The van der Waals surface area contributed by atoms with E-state index in [4.69, 9.17) is 0 Å². The highest BCUT2D eigenvalue weighted by atomic mass is 16.3. The number of aliphatic hydroxyl groups is 2. The fraction of sp³-hybridized carbons (Fsp3) is 0.600. The lowest BCUT2D eigenvalue weighted by Gasteiger charge is -2.25. The van der Waals surface area contributed by atoms with Crippen LogP contribution in [0.1, 0.15) is 31.7 Å². The first-order chi connectivity index (χ1) is 8.58. The molecule has 0 aliphatic heterocycles. The molecule has 3 nitrogen and oxygen atoms in total. The fourth-order valence-corrected chi connectivity index (χ4v) is 2.65. The van der Waals surface area contributed by atoms with Crippen molar-refractivity contribution in [1.82, 2.24) is 5.32 Å². The molecule has 1 saturated carbocycles. The highest BCUT2D eigenvalue weighted by Crippen LogP contribution is 2.25. The zero-order chi connectivity index (χ0) is 13.0. The molecule has 0 spiro atoms. The summed E-state index contributed by atoms with van der Waals surface area (Å²) in [7, 11) is 0. The van der Waals surface area contributed by atoms with E-state index in [-0.39, 0.29) is 6.10 Å². The van der Waals surface area contributed by atoms with Gasteiger partial charge in [-0.3, -0.25) is 0 Å². The Bertz CT molecular complexity index is 364. The summed E-state index contributed by atoms with van der Waals surface area (Å²) in [4.78, 5) is 0. The average Bonchev–Trinajstić information content (AvgIpc) is 2.76. The van der Waals surface area contributed by atoms with E-state index in [1.165, 1.54) is 0 Å². The molecule has 0 bridgehead atoms. The molecular formula is C15H23NO2. The number of nitrogens with one attached hydrogen (secondary N) is 1. The van der Waals surface area contributed by atoms with Crippen molar-refractivity contribution < 1.29 is 10.2 Å². The first-order valence-corrected chi connectivity index (χ1v) is 6.74. The van der Waals surface area contributed by atoms with Gasteiger partial charge in [0.1, 0.15) is 0 Å². The molecule has 1 aliphatic carbocycles. The molecule has 0 heterocycles. The quantitative estimate of drug-likeness (QED) is 0.743. The summed E-state index contributed by atoms with van der Waals surface area (Å²) in [5.41, 5.74) is 0.0994. The summed E-state index contributed by atoms with van der Waals surface area (Å²) in [6, 6.07) is 9.73. The molecule has 2 rings (SSSR count). The summed E-state index contributed by atoms with van der Waals surface area (Å²) >= 11 is 0. The van der Waals surface area contributed by atoms with E-state index in [0.717, 1.165) is 31.4 Å². The van der Waals surface area contributed by atoms with Crippen molar-refractivity contribution in [2.24, 2.45) is 5.92 Å². The number of benzene rings is 1. The predicted octanol–water partition coefficient (Wildman–Crippen LogP) is 1.64. The zero-order valence-electron chi connectivity index (χ0n) is 11.0. The Morgan fingerprint density at radius 3 is 2.61 bits per heavy atom. The van der Waals surface area contributed by atoms with E-state index < -0.39 is 5.60 Å². The van der Waals surface area contributed by atoms with E-state index in [1.807, 2.05) is 37.3 Å². The van der Waals surface area contributed by atoms with Crippen molar-refractivity contribution in [3.05, 3.63) is 35.9 Å². The topological polar surface area (TPSA) is 52.5 Å². The maximum Gasteiger partial charge on any atom is 0.0992 e. The third-order valence-corrected chi connectivity index (χ3v) is 3.81. The number of hydrogen-bond donors (Lipinski definition) is 3. The zero-order valence-corrected chi connectivity index (χ0v) is 11.0. The predicted molar refractivity (Wildman–Crippen MR) is 72.2 cm³/mol. The first-order valence-electron chi connectivity index (χ1n) is 6.74. The molecule has 1 aromatic carbocycles. The third kappa shape index (κ3) is 3.55. The van der Waals surface area contributed by atoms with E-state index in [0.29, 0.717) is 12.5 Å². The minimum absolute atomic E-state index is 0.119. The number of rotatable bonds is 5. The van der Waals surface area contributed by atoms with Gasteiger partial charge in [0, 0.05) is 6.54 Å². The van der Waals surface area contributed by atoms with Crippen LogP contribution in [0.3, 0.4) is 0 Å². The lowest BCUT2D eigenvalue weighted by atomic mass is 9.96. The van der Waals surface area contributed by atoms with Crippen LogP contribution in [-0.2, 0) is 5.60 Å². The lowest BCUT2D eigenvalue weighted by molar-refractivity contribution is 0.0559. The molecular weight excluding hydrogens is 226 g/mol. The molecule has 3 N–H and O–H groups in total. The Morgan fingerprint density at radius 2 is 2.00 bits per heavy atom. The largest absolute Gasteiger partial charge is 0.393 e. The second-order valence-corrected chi connectivity index (χ2v) is 5.60. The standard InChI is InChI=1S/C15H23NO2/c1-15(18,13-5-3-2-4-6-13)11-16-10-12-7-8-14(17)9-12/h2-6,12,14,16-18H,7-11H2,1H3. The van der Waals surface area contributed by atoms with Crippen molar-refractivity contribution >= 4 is 0 Å². The Balaban J connectivity index is 1.79. The monoisotopic (exact) mass is 249 g/mol. The molecule has 1 fully saturated rings. The first kappa shape index (κ1) is 13.5. The van der Waals surface area contributed by atoms with Gasteiger partial charge in [-0.2, -0.15) is 0 Å². The Morgan fingerprint density at radius 1 is 1.28 bits per heavy atom. The smallest absolute Gasteiger partial charge is 0.0992 e. The van der Waals surface area contributed by atoms with Crippen LogP contribution in [0.5, 0.6) is 0 Å². The molecule has 0 amide bonds. The van der Waals surface area contributed by atoms with Crippen LogP contribution in [0, 0.1) is 5.92 Å². The van der Waals surface area contributed by atoms with E-state index in [9.17, 15) is 10.2 Å². The second-order valence-electron chi connectivity index (χ2n) is 5.60. The molecule has 100 valence electrons. The van der Waals surface area contributed by atoms with Gasteiger partial charge in [0.25, 0.3) is 0 Å². The van der Waals surface area contributed by atoms with Crippen molar-refractivity contribution in [2.75, 3.05) is 13.1 Å². The van der Waals surface area contributed by atoms with Gasteiger partial charge in [0.15, 0.2) is 0 Å². The van der Waals surface area contributed by atoms with Gasteiger partial charge in [0.05, 0.1) is 11.7 Å².